The molecule has 0 atom stereocenters. The summed E-state index contributed by atoms with van der Waals surface area (Å²) in [5.41, 5.74) is 4.10. The zero-order valence-electron chi connectivity index (χ0n) is 12.3. The van der Waals surface area contributed by atoms with Gasteiger partial charge in [-0.25, -0.2) is 0 Å². The summed E-state index contributed by atoms with van der Waals surface area (Å²) in [5, 5.41) is 2.73. The minimum atomic E-state index is -0.0153. The minimum absolute atomic E-state index is 0.0153. The highest BCUT2D eigenvalue weighted by molar-refractivity contribution is 5.96. The Morgan fingerprint density at radius 3 is 2.35 bits per heavy atom. The molecule has 20 heavy (non-hydrogen) atoms. The van der Waals surface area contributed by atoms with Crippen LogP contribution < -0.4 is 5.32 Å². The van der Waals surface area contributed by atoms with E-state index in [1.165, 1.54) is 0 Å². The summed E-state index contributed by atoms with van der Waals surface area (Å²) in [6.45, 7) is 4.33. The zero-order valence-corrected chi connectivity index (χ0v) is 12.3. The first-order valence-corrected chi connectivity index (χ1v) is 7.02. The molecule has 0 fully saturated rings. The van der Waals surface area contributed by atoms with Crippen molar-refractivity contribution in [3.05, 3.63) is 59.7 Å². The van der Waals surface area contributed by atoms with Crippen LogP contribution in [0.1, 0.15) is 29.8 Å². The number of benzene rings is 2. The molecule has 1 N–H and O–H groups in total. The van der Waals surface area contributed by atoms with Gasteiger partial charge in [0.05, 0.1) is 0 Å². The number of amides is 1. The van der Waals surface area contributed by atoms with Crippen LogP contribution in [0, 0.1) is 5.92 Å². The van der Waals surface area contributed by atoms with Gasteiger partial charge in [0.2, 0.25) is 0 Å². The Balaban J connectivity index is 2.46. The second-order valence-electron chi connectivity index (χ2n) is 5.42. The van der Waals surface area contributed by atoms with Gasteiger partial charge in [0.1, 0.15) is 0 Å². The fraction of sp³-hybridized carbons (Fsp3) is 0.278. The number of nitrogens with one attached hydrogen (secondary N) is 1. The molecule has 2 nitrogen and oxygen atoms in total. The van der Waals surface area contributed by atoms with Crippen molar-refractivity contribution >= 4 is 5.91 Å². The molecule has 0 aliphatic carbocycles. The smallest absolute Gasteiger partial charge is 0.251 e. The third kappa shape index (κ3) is 3.27. The maximum absolute atomic E-state index is 12.1. The highest BCUT2D eigenvalue weighted by atomic mass is 16.1. The van der Waals surface area contributed by atoms with Crippen LogP contribution in [0.5, 0.6) is 0 Å². The van der Waals surface area contributed by atoms with Crippen molar-refractivity contribution in [2.75, 3.05) is 7.05 Å². The van der Waals surface area contributed by atoms with Crippen molar-refractivity contribution in [2.24, 2.45) is 5.92 Å². The lowest BCUT2D eigenvalue weighted by atomic mass is 9.93. The molecule has 0 aromatic heterocycles. The average Bonchev–Trinajstić information content (AvgIpc) is 2.47. The van der Waals surface area contributed by atoms with Crippen LogP contribution in [-0.4, -0.2) is 13.0 Å². The standard InChI is InChI=1S/C18H21NO/c1-13(2)11-16-10-9-15(12-17(16)18(20)19-3)14-7-5-4-6-8-14/h4-10,12-13H,11H2,1-3H3,(H,19,20). The predicted octanol–water partition coefficient (Wildman–Crippen LogP) is 3.91. The SMILES string of the molecule is CNC(=O)c1cc(-c2ccccc2)ccc1CC(C)C. The lowest BCUT2D eigenvalue weighted by Crippen LogP contribution is -2.20. The van der Waals surface area contributed by atoms with Gasteiger partial charge in [-0.15, -0.1) is 0 Å². The van der Waals surface area contributed by atoms with Gasteiger partial charge in [-0.1, -0.05) is 56.3 Å². The molecule has 0 heterocycles. The van der Waals surface area contributed by atoms with E-state index < -0.39 is 0 Å². The molecule has 0 unspecified atom stereocenters. The van der Waals surface area contributed by atoms with E-state index in [4.69, 9.17) is 0 Å². The van der Waals surface area contributed by atoms with Crippen LogP contribution in [0.25, 0.3) is 11.1 Å². The Bertz CT molecular complexity index is 588. The monoisotopic (exact) mass is 267 g/mol. The highest BCUT2D eigenvalue weighted by Gasteiger charge is 2.12. The largest absolute Gasteiger partial charge is 0.355 e. The number of hydrogen-bond acceptors (Lipinski definition) is 1. The van der Waals surface area contributed by atoms with Gasteiger partial charge < -0.3 is 5.32 Å². The fourth-order valence-corrected chi connectivity index (χ4v) is 2.35. The molecule has 0 radical (unpaired) electrons. The van der Waals surface area contributed by atoms with Crippen molar-refractivity contribution in [3.63, 3.8) is 0 Å². The molecule has 2 aromatic carbocycles. The topological polar surface area (TPSA) is 29.1 Å². The maximum atomic E-state index is 12.1. The summed E-state index contributed by atoms with van der Waals surface area (Å²) in [4.78, 5) is 12.1. The lowest BCUT2D eigenvalue weighted by molar-refractivity contribution is 0.0962. The van der Waals surface area contributed by atoms with Crippen molar-refractivity contribution in [1.82, 2.24) is 5.32 Å². The number of hydrogen-bond donors (Lipinski definition) is 1. The summed E-state index contributed by atoms with van der Waals surface area (Å²) < 4.78 is 0. The van der Waals surface area contributed by atoms with Gasteiger partial charge in [-0.05, 0) is 35.1 Å². The van der Waals surface area contributed by atoms with Crippen molar-refractivity contribution < 1.29 is 4.79 Å². The first kappa shape index (κ1) is 14.3. The van der Waals surface area contributed by atoms with E-state index >= 15 is 0 Å². The molecule has 2 aromatic rings. The van der Waals surface area contributed by atoms with Crippen LogP contribution in [-0.2, 0) is 6.42 Å². The molecule has 104 valence electrons. The van der Waals surface area contributed by atoms with Crippen LogP contribution in [0.15, 0.2) is 48.5 Å². The summed E-state index contributed by atoms with van der Waals surface area (Å²) >= 11 is 0. The van der Waals surface area contributed by atoms with E-state index in [2.05, 4.69) is 43.4 Å². The van der Waals surface area contributed by atoms with Gasteiger partial charge in [0.15, 0.2) is 0 Å². The molecule has 0 saturated carbocycles. The average molecular weight is 267 g/mol. The second-order valence-corrected chi connectivity index (χ2v) is 5.42. The van der Waals surface area contributed by atoms with Gasteiger partial charge in [-0.2, -0.15) is 0 Å². The molecule has 0 spiro atoms. The van der Waals surface area contributed by atoms with E-state index in [9.17, 15) is 4.79 Å². The Kier molecular flexibility index (Phi) is 4.57. The summed E-state index contributed by atoms with van der Waals surface area (Å²) in [7, 11) is 1.68. The summed E-state index contributed by atoms with van der Waals surface area (Å²) in [5.74, 6) is 0.513. The van der Waals surface area contributed by atoms with Crippen molar-refractivity contribution in [1.29, 1.82) is 0 Å². The van der Waals surface area contributed by atoms with E-state index in [1.807, 2.05) is 24.3 Å². The molecule has 2 rings (SSSR count). The molecule has 0 aliphatic rings. The molecular formula is C18H21NO. The fourth-order valence-electron chi connectivity index (χ4n) is 2.35. The molecule has 0 aliphatic heterocycles. The first-order chi connectivity index (χ1) is 9.61. The Labute approximate surface area is 120 Å². The maximum Gasteiger partial charge on any atom is 0.251 e. The number of rotatable bonds is 4. The number of carbonyl (C=O) groups is 1. The molecule has 2 heteroatoms. The summed E-state index contributed by atoms with van der Waals surface area (Å²) in [6, 6.07) is 16.3. The van der Waals surface area contributed by atoms with Crippen molar-refractivity contribution in [3.8, 4) is 11.1 Å². The third-order valence-electron chi connectivity index (χ3n) is 3.32. The van der Waals surface area contributed by atoms with Gasteiger partial charge >= 0.3 is 0 Å². The van der Waals surface area contributed by atoms with E-state index in [1.54, 1.807) is 7.05 Å². The normalized spacial score (nSPS) is 10.6. The van der Waals surface area contributed by atoms with Crippen LogP contribution in [0.3, 0.4) is 0 Å². The first-order valence-electron chi connectivity index (χ1n) is 7.02. The lowest BCUT2D eigenvalue weighted by Gasteiger charge is -2.13. The molecule has 1 amide bonds. The highest BCUT2D eigenvalue weighted by Crippen LogP contribution is 2.24. The van der Waals surface area contributed by atoms with Gasteiger partial charge in [-0.3, -0.25) is 4.79 Å². The van der Waals surface area contributed by atoms with Crippen molar-refractivity contribution in [2.45, 2.75) is 20.3 Å². The minimum Gasteiger partial charge on any atom is -0.355 e. The van der Waals surface area contributed by atoms with Crippen LogP contribution in [0.4, 0.5) is 0 Å². The molecule has 0 saturated heterocycles. The van der Waals surface area contributed by atoms with Gasteiger partial charge in [0, 0.05) is 12.6 Å². The van der Waals surface area contributed by atoms with E-state index in [0.29, 0.717) is 5.92 Å². The predicted molar refractivity (Wildman–Crippen MR) is 83.8 cm³/mol. The molecule has 0 bridgehead atoms. The van der Waals surface area contributed by atoms with E-state index in [-0.39, 0.29) is 5.91 Å². The Morgan fingerprint density at radius 1 is 1.05 bits per heavy atom. The quantitative estimate of drug-likeness (QED) is 0.894. The summed E-state index contributed by atoms with van der Waals surface area (Å²) in [6.07, 6.45) is 0.915. The van der Waals surface area contributed by atoms with Crippen LogP contribution in [0.2, 0.25) is 0 Å². The zero-order chi connectivity index (χ0) is 14.5. The molecular weight excluding hydrogens is 246 g/mol. The van der Waals surface area contributed by atoms with E-state index in [0.717, 1.165) is 28.7 Å². The van der Waals surface area contributed by atoms with Crippen LogP contribution >= 0.6 is 0 Å². The van der Waals surface area contributed by atoms with Gasteiger partial charge in [0.25, 0.3) is 5.91 Å². The number of carbonyl (C=O) groups excluding carboxylic acids is 1. The second kappa shape index (κ2) is 6.38. The third-order valence-corrected chi connectivity index (χ3v) is 3.32. The Morgan fingerprint density at radius 2 is 1.75 bits per heavy atom. The Hall–Kier alpha value is -2.09.